The Morgan fingerprint density at radius 1 is 1.20 bits per heavy atom. The molecule has 0 atom stereocenters. The lowest BCUT2D eigenvalue weighted by Crippen LogP contribution is -2.53. The van der Waals surface area contributed by atoms with Gasteiger partial charge in [0.1, 0.15) is 0 Å². The maximum absolute atomic E-state index is 11.8. The second-order valence-corrected chi connectivity index (χ2v) is 5.36. The minimum absolute atomic E-state index is 0.0240. The second kappa shape index (κ2) is 6.07. The summed E-state index contributed by atoms with van der Waals surface area (Å²) in [6, 6.07) is 10.0. The van der Waals surface area contributed by atoms with Gasteiger partial charge in [-0.1, -0.05) is 37.3 Å². The zero-order valence-electron chi connectivity index (χ0n) is 12.2. The summed E-state index contributed by atoms with van der Waals surface area (Å²) >= 11 is 0. The Hall–Kier alpha value is -1.84. The number of carbonyl (C=O) groups is 2. The molecule has 0 saturated carbocycles. The van der Waals surface area contributed by atoms with Crippen LogP contribution in [-0.4, -0.2) is 29.8 Å². The number of nitrogens with one attached hydrogen (secondary N) is 1. The molecule has 1 aliphatic rings. The highest BCUT2D eigenvalue weighted by atomic mass is 16.2. The molecular weight excluding hydrogens is 252 g/mol. The molecule has 2 rings (SSSR count). The molecular formula is C16H22N2O2. The van der Waals surface area contributed by atoms with Crippen molar-refractivity contribution in [3.8, 4) is 0 Å². The molecule has 0 spiro atoms. The Balaban J connectivity index is 2.19. The number of carbonyl (C=O) groups excluding carboxylic acids is 2. The summed E-state index contributed by atoms with van der Waals surface area (Å²) in [5.74, 6) is 0.165. The van der Waals surface area contributed by atoms with E-state index in [2.05, 4.69) is 5.32 Å². The van der Waals surface area contributed by atoms with E-state index in [-0.39, 0.29) is 17.4 Å². The highest BCUT2D eigenvalue weighted by Gasteiger charge is 2.37. The Morgan fingerprint density at radius 2 is 1.80 bits per heavy atom. The number of hydrogen-bond donors (Lipinski definition) is 1. The molecule has 4 heteroatoms. The smallest absolute Gasteiger partial charge is 0.222 e. The molecule has 4 nitrogen and oxygen atoms in total. The molecule has 0 radical (unpaired) electrons. The second-order valence-electron chi connectivity index (χ2n) is 5.36. The lowest BCUT2D eigenvalue weighted by atomic mass is 9.80. The first-order valence-electron chi connectivity index (χ1n) is 7.19. The average molecular weight is 274 g/mol. The molecule has 1 aromatic carbocycles. The van der Waals surface area contributed by atoms with Crippen LogP contribution in [0.2, 0.25) is 0 Å². The number of amides is 2. The Labute approximate surface area is 120 Å². The Bertz CT molecular complexity index is 477. The summed E-state index contributed by atoms with van der Waals surface area (Å²) in [4.78, 5) is 25.2. The molecule has 20 heavy (non-hydrogen) atoms. The maximum atomic E-state index is 11.8. The first-order chi connectivity index (χ1) is 9.57. The van der Waals surface area contributed by atoms with Crippen LogP contribution in [0.25, 0.3) is 0 Å². The molecule has 1 fully saturated rings. The summed E-state index contributed by atoms with van der Waals surface area (Å²) in [5.41, 5.74) is 0.788. The molecule has 0 bridgehead atoms. The summed E-state index contributed by atoms with van der Waals surface area (Å²) in [6.07, 6.45) is 2.07. The zero-order chi connectivity index (χ0) is 14.6. The molecule has 0 unspecified atom stereocenters. The molecule has 1 saturated heterocycles. The van der Waals surface area contributed by atoms with Gasteiger partial charge < -0.3 is 10.2 Å². The van der Waals surface area contributed by atoms with E-state index in [4.69, 9.17) is 0 Å². The quantitative estimate of drug-likeness (QED) is 0.917. The van der Waals surface area contributed by atoms with Gasteiger partial charge in [-0.25, -0.2) is 0 Å². The van der Waals surface area contributed by atoms with Crippen molar-refractivity contribution in [3.63, 3.8) is 0 Å². The van der Waals surface area contributed by atoms with Crippen molar-refractivity contribution in [3.05, 3.63) is 35.9 Å². The first kappa shape index (κ1) is 14.6. The van der Waals surface area contributed by atoms with E-state index in [1.807, 2.05) is 42.2 Å². The monoisotopic (exact) mass is 274 g/mol. The van der Waals surface area contributed by atoms with Crippen LogP contribution in [0.1, 0.15) is 38.7 Å². The van der Waals surface area contributed by atoms with E-state index in [1.165, 1.54) is 0 Å². The maximum Gasteiger partial charge on any atom is 0.222 e. The van der Waals surface area contributed by atoms with Crippen LogP contribution in [0.3, 0.4) is 0 Å². The minimum Gasteiger partial charge on any atom is -0.347 e. The van der Waals surface area contributed by atoms with Crippen molar-refractivity contribution in [2.24, 2.45) is 0 Å². The fourth-order valence-electron chi connectivity index (χ4n) is 2.94. The third kappa shape index (κ3) is 3.00. The number of piperidine rings is 1. The van der Waals surface area contributed by atoms with Crippen molar-refractivity contribution < 1.29 is 9.59 Å². The van der Waals surface area contributed by atoms with Crippen molar-refractivity contribution in [2.45, 2.75) is 38.6 Å². The first-order valence-corrected chi connectivity index (χ1v) is 7.19. The van der Waals surface area contributed by atoms with Crippen molar-refractivity contribution in [1.82, 2.24) is 10.2 Å². The van der Waals surface area contributed by atoms with Gasteiger partial charge in [-0.2, -0.15) is 0 Å². The van der Waals surface area contributed by atoms with Gasteiger partial charge in [-0.05, 0) is 18.4 Å². The summed E-state index contributed by atoms with van der Waals surface area (Å²) < 4.78 is 0. The van der Waals surface area contributed by atoms with Gasteiger partial charge in [0.15, 0.2) is 0 Å². The number of rotatable bonds is 3. The van der Waals surface area contributed by atoms with Crippen LogP contribution in [0.4, 0.5) is 0 Å². The van der Waals surface area contributed by atoms with Crippen LogP contribution in [0.5, 0.6) is 0 Å². The highest BCUT2D eigenvalue weighted by molar-refractivity contribution is 5.76. The summed E-state index contributed by atoms with van der Waals surface area (Å²) in [7, 11) is 0. The van der Waals surface area contributed by atoms with E-state index in [9.17, 15) is 9.59 Å². The predicted molar refractivity (Wildman–Crippen MR) is 78.0 cm³/mol. The molecule has 0 aromatic heterocycles. The Kier molecular flexibility index (Phi) is 4.42. The van der Waals surface area contributed by atoms with Crippen molar-refractivity contribution >= 4 is 11.8 Å². The molecule has 2 amide bonds. The van der Waals surface area contributed by atoms with Crippen LogP contribution in [0.15, 0.2) is 30.3 Å². The molecule has 1 heterocycles. The van der Waals surface area contributed by atoms with Crippen LogP contribution < -0.4 is 5.32 Å². The predicted octanol–water partition coefficient (Wildman–Crippen LogP) is 2.05. The number of hydrogen-bond acceptors (Lipinski definition) is 2. The van der Waals surface area contributed by atoms with Crippen LogP contribution in [-0.2, 0) is 15.1 Å². The zero-order valence-corrected chi connectivity index (χ0v) is 12.2. The normalized spacial score (nSPS) is 17.6. The largest absolute Gasteiger partial charge is 0.347 e. The third-order valence-electron chi connectivity index (χ3n) is 4.01. The lowest BCUT2D eigenvalue weighted by Gasteiger charge is -2.42. The standard InChI is InChI=1S/C16H22N2O2/c1-3-15(20)18-11-9-16(10-12-18,17-13(2)19)14-7-5-4-6-8-14/h4-8H,3,9-12H2,1-2H3,(H,17,19). The minimum atomic E-state index is -0.336. The SMILES string of the molecule is CCC(=O)N1CCC(NC(C)=O)(c2ccccc2)CC1. The van der Waals surface area contributed by atoms with E-state index < -0.39 is 0 Å². The van der Waals surface area contributed by atoms with Gasteiger partial charge >= 0.3 is 0 Å². The molecule has 108 valence electrons. The Morgan fingerprint density at radius 3 is 2.30 bits per heavy atom. The fraction of sp³-hybridized carbons (Fsp3) is 0.500. The van der Waals surface area contributed by atoms with Gasteiger partial charge in [-0.3, -0.25) is 9.59 Å². The summed E-state index contributed by atoms with van der Waals surface area (Å²) in [5, 5.41) is 3.11. The topological polar surface area (TPSA) is 49.4 Å². The summed E-state index contributed by atoms with van der Waals surface area (Å²) in [6.45, 7) is 4.83. The number of nitrogens with zero attached hydrogens (tertiary/aromatic N) is 1. The van der Waals surface area contributed by atoms with Crippen molar-refractivity contribution in [1.29, 1.82) is 0 Å². The van der Waals surface area contributed by atoms with Crippen molar-refractivity contribution in [2.75, 3.05) is 13.1 Å². The number of likely N-dealkylation sites (tertiary alicyclic amines) is 1. The van der Waals surface area contributed by atoms with Gasteiger partial charge in [0.2, 0.25) is 11.8 Å². The molecule has 1 N–H and O–H groups in total. The lowest BCUT2D eigenvalue weighted by molar-refractivity contribution is -0.133. The number of benzene rings is 1. The van der Waals surface area contributed by atoms with Gasteiger partial charge in [0, 0.05) is 26.4 Å². The molecule has 1 aromatic rings. The van der Waals surface area contributed by atoms with Gasteiger partial charge in [-0.15, -0.1) is 0 Å². The van der Waals surface area contributed by atoms with E-state index in [1.54, 1.807) is 6.92 Å². The van der Waals surface area contributed by atoms with E-state index in [0.717, 1.165) is 18.4 Å². The van der Waals surface area contributed by atoms with Crippen LogP contribution >= 0.6 is 0 Å². The highest BCUT2D eigenvalue weighted by Crippen LogP contribution is 2.33. The molecule has 1 aliphatic heterocycles. The van der Waals surface area contributed by atoms with Gasteiger partial charge in [0.25, 0.3) is 0 Å². The molecule has 0 aliphatic carbocycles. The van der Waals surface area contributed by atoms with Gasteiger partial charge in [0.05, 0.1) is 5.54 Å². The fourth-order valence-corrected chi connectivity index (χ4v) is 2.94. The third-order valence-corrected chi connectivity index (χ3v) is 4.01. The van der Waals surface area contributed by atoms with Crippen LogP contribution in [0, 0.1) is 0 Å². The van der Waals surface area contributed by atoms with E-state index in [0.29, 0.717) is 19.5 Å². The average Bonchev–Trinajstić information content (AvgIpc) is 2.47. The van der Waals surface area contributed by atoms with E-state index >= 15 is 0 Å².